The van der Waals surface area contributed by atoms with E-state index < -0.39 is 10.8 Å². The van der Waals surface area contributed by atoms with Gasteiger partial charge in [0.25, 0.3) is 11.6 Å². The number of benzene rings is 1. The van der Waals surface area contributed by atoms with Crippen molar-refractivity contribution in [1.29, 1.82) is 0 Å². The Bertz CT molecular complexity index is 673. The highest BCUT2D eigenvalue weighted by Crippen LogP contribution is 2.27. The van der Waals surface area contributed by atoms with Gasteiger partial charge in [0.1, 0.15) is 5.82 Å². The Hall–Kier alpha value is -2.67. The quantitative estimate of drug-likeness (QED) is 0.667. The largest absolute Gasteiger partial charge is 0.384 e. The molecule has 1 aromatic heterocycles. The molecule has 0 aliphatic carbocycles. The molecule has 0 aliphatic heterocycles. The lowest BCUT2D eigenvalue weighted by Gasteiger charge is -2.07. The van der Waals surface area contributed by atoms with Crippen molar-refractivity contribution in [2.24, 2.45) is 0 Å². The van der Waals surface area contributed by atoms with Gasteiger partial charge in [-0.25, -0.2) is 4.98 Å². The molecule has 0 unspecified atom stereocenters. The molecule has 0 saturated heterocycles. The van der Waals surface area contributed by atoms with Crippen LogP contribution >= 0.6 is 11.6 Å². The lowest BCUT2D eigenvalue weighted by molar-refractivity contribution is -0.384. The standard InChI is InChI=1S/C12H9ClN4O3/c13-9-3-2-8(17(19)20)5-10(9)16-12(18)7-1-4-11(14)15-6-7/h1-6H,(H2,14,15)(H,16,18). The van der Waals surface area contributed by atoms with E-state index in [9.17, 15) is 14.9 Å². The summed E-state index contributed by atoms with van der Waals surface area (Å²) in [5.41, 5.74) is 5.67. The number of hydrogen-bond donors (Lipinski definition) is 2. The molecule has 1 amide bonds. The predicted molar refractivity (Wildman–Crippen MR) is 74.7 cm³/mol. The van der Waals surface area contributed by atoms with Crippen LogP contribution in [0.4, 0.5) is 17.2 Å². The lowest BCUT2D eigenvalue weighted by atomic mass is 10.2. The molecular formula is C12H9ClN4O3. The number of pyridine rings is 1. The van der Waals surface area contributed by atoms with E-state index >= 15 is 0 Å². The van der Waals surface area contributed by atoms with Crippen molar-refractivity contribution in [2.45, 2.75) is 0 Å². The van der Waals surface area contributed by atoms with Crippen molar-refractivity contribution in [3.8, 4) is 0 Å². The Kier molecular flexibility index (Phi) is 3.81. The van der Waals surface area contributed by atoms with E-state index in [2.05, 4.69) is 10.3 Å². The molecule has 102 valence electrons. The minimum Gasteiger partial charge on any atom is -0.384 e. The molecule has 2 rings (SSSR count). The van der Waals surface area contributed by atoms with Crippen molar-refractivity contribution in [1.82, 2.24) is 4.98 Å². The van der Waals surface area contributed by atoms with Gasteiger partial charge in [-0.15, -0.1) is 0 Å². The van der Waals surface area contributed by atoms with Gasteiger partial charge in [0.05, 0.1) is 21.2 Å². The van der Waals surface area contributed by atoms with Crippen LogP contribution in [0.5, 0.6) is 0 Å². The molecule has 3 N–H and O–H groups in total. The van der Waals surface area contributed by atoms with Crippen LogP contribution in [-0.2, 0) is 0 Å². The first-order chi connectivity index (χ1) is 9.47. The van der Waals surface area contributed by atoms with Crippen molar-refractivity contribution in [2.75, 3.05) is 11.1 Å². The first kappa shape index (κ1) is 13.8. The molecule has 7 nitrogen and oxygen atoms in total. The van der Waals surface area contributed by atoms with Gasteiger partial charge in [-0.2, -0.15) is 0 Å². The van der Waals surface area contributed by atoms with Crippen molar-refractivity contribution in [3.05, 3.63) is 57.2 Å². The van der Waals surface area contributed by atoms with Crippen LogP contribution in [0.25, 0.3) is 0 Å². The highest BCUT2D eigenvalue weighted by atomic mass is 35.5. The van der Waals surface area contributed by atoms with Crippen LogP contribution in [-0.4, -0.2) is 15.8 Å². The molecular weight excluding hydrogens is 284 g/mol. The fraction of sp³-hybridized carbons (Fsp3) is 0. The summed E-state index contributed by atoms with van der Waals surface area (Å²) >= 11 is 5.88. The summed E-state index contributed by atoms with van der Waals surface area (Å²) in [4.78, 5) is 25.8. The Labute approximate surface area is 118 Å². The fourth-order valence-corrected chi connectivity index (χ4v) is 1.62. The van der Waals surface area contributed by atoms with Crippen molar-refractivity contribution >= 4 is 34.7 Å². The Morgan fingerprint density at radius 1 is 1.35 bits per heavy atom. The summed E-state index contributed by atoms with van der Waals surface area (Å²) in [7, 11) is 0. The first-order valence-corrected chi connectivity index (χ1v) is 5.82. The SMILES string of the molecule is Nc1ccc(C(=O)Nc2cc([N+](=O)[O-])ccc2Cl)cn1. The average Bonchev–Trinajstić information content (AvgIpc) is 2.41. The Morgan fingerprint density at radius 3 is 2.70 bits per heavy atom. The zero-order valence-corrected chi connectivity index (χ0v) is 10.8. The van der Waals surface area contributed by atoms with Crippen LogP contribution in [0.15, 0.2) is 36.5 Å². The van der Waals surface area contributed by atoms with Gasteiger partial charge >= 0.3 is 0 Å². The zero-order chi connectivity index (χ0) is 14.7. The number of nitrogen functional groups attached to an aromatic ring is 1. The number of nitrogens with one attached hydrogen (secondary N) is 1. The molecule has 2 aromatic rings. The van der Waals surface area contributed by atoms with E-state index in [1.54, 1.807) is 0 Å². The number of non-ortho nitro benzene ring substituents is 1. The molecule has 0 radical (unpaired) electrons. The smallest absolute Gasteiger partial charge is 0.271 e. The minimum atomic E-state index is -0.573. The summed E-state index contributed by atoms with van der Waals surface area (Å²) in [6.45, 7) is 0. The normalized spacial score (nSPS) is 10.1. The third-order valence-electron chi connectivity index (χ3n) is 2.46. The summed E-state index contributed by atoms with van der Waals surface area (Å²) in [5.74, 6) is -0.199. The molecule has 8 heteroatoms. The number of nitrogens with two attached hydrogens (primary N) is 1. The second-order valence-electron chi connectivity index (χ2n) is 3.85. The summed E-state index contributed by atoms with van der Waals surface area (Å²) in [6.07, 6.45) is 1.30. The van der Waals surface area contributed by atoms with Gasteiger partial charge in [0, 0.05) is 18.3 Å². The number of nitro groups is 1. The number of rotatable bonds is 3. The maximum absolute atomic E-state index is 11.9. The van der Waals surface area contributed by atoms with Crippen molar-refractivity contribution < 1.29 is 9.72 Å². The molecule has 0 aliphatic rings. The molecule has 0 fully saturated rings. The minimum absolute atomic E-state index is 0.155. The van der Waals surface area contributed by atoms with Gasteiger partial charge in [0.15, 0.2) is 0 Å². The first-order valence-electron chi connectivity index (χ1n) is 5.44. The monoisotopic (exact) mass is 292 g/mol. The number of halogens is 1. The molecule has 1 heterocycles. The molecule has 0 bridgehead atoms. The van der Waals surface area contributed by atoms with E-state index in [1.165, 1.54) is 36.5 Å². The van der Waals surface area contributed by atoms with Crippen LogP contribution in [0.1, 0.15) is 10.4 Å². The van der Waals surface area contributed by atoms with E-state index in [4.69, 9.17) is 17.3 Å². The third kappa shape index (κ3) is 3.01. The van der Waals surface area contributed by atoms with Crippen molar-refractivity contribution in [3.63, 3.8) is 0 Å². The second-order valence-corrected chi connectivity index (χ2v) is 4.25. The number of aromatic nitrogens is 1. The number of hydrogen-bond acceptors (Lipinski definition) is 5. The number of amides is 1. The Balaban J connectivity index is 2.25. The zero-order valence-electron chi connectivity index (χ0n) is 10.0. The highest BCUT2D eigenvalue weighted by molar-refractivity contribution is 6.34. The van der Waals surface area contributed by atoms with E-state index in [1.807, 2.05) is 0 Å². The topological polar surface area (TPSA) is 111 Å². The lowest BCUT2D eigenvalue weighted by Crippen LogP contribution is -2.13. The van der Waals surface area contributed by atoms with E-state index in [0.29, 0.717) is 0 Å². The van der Waals surface area contributed by atoms with Gasteiger partial charge in [-0.1, -0.05) is 11.6 Å². The summed E-state index contributed by atoms with van der Waals surface area (Å²) in [5, 5.41) is 13.4. The molecule has 20 heavy (non-hydrogen) atoms. The number of nitro benzene ring substituents is 1. The van der Waals surface area contributed by atoms with E-state index in [-0.39, 0.29) is 27.8 Å². The van der Waals surface area contributed by atoms with Crippen LogP contribution in [0.3, 0.4) is 0 Å². The third-order valence-corrected chi connectivity index (χ3v) is 2.79. The predicted octanol–water partition coefficient (Wildman–Crippen LogP) is 2.48. The number of carbonyl (C=O) groups excluding carboxylic acids is 1. The second kappa shape index (κ2) is 5.54. The number of nitrogens with zero attached hydrogens (tertiary/aromatic N) is 2. The highest BCUT2D eigenvalue weighted by Gasteiger charge is 2.13. The number of anilines is 2. The van der Waals surface area contributed by atoms with Crippen LogP contribution in [0.2, 0.25) is 5.02 Å². The maximum Gasteiger partial charge on any atom is 0.271 e. The maximum atomic E-state index is 11.9. The number of carbonyl (C=O) groups is 1. The van der Waals surface area contributed by atoms with E-state index in [0.717, 1.165) is 0 Å². The van der Waals surface area contributed by atoms with Gasteiger partial charge in [-0.05, 0) is 18.2 Å². The van der Waals surface area contributed by atoms with Crippen LogP contribution in [0, 0.1) is 10.1 Å². The molecule has 0 saturated carbocycles. The molecule has 0 spiro atoms. The van der Waals surface area contributed by atoms with Crippen LogP contribution < -0.4 is 11.1 Å². The average molecular weight is 293 g/mol. The van der Waals surface area contributed by atoms with Gasteiger partial charge < -0.3 is 11.1 Å². The summed E-state index contributed by atoms with van der Waals surface area (Å²) < 4.78 is 0. The Morgan fingerprint density at radius 2 is 2.10 bits per heavy atom. The molecule has 0 atom stereocenters. The molecule has 1 aromatic carbocycles. The van der Waals surface area contributed by atoms with Gasteiger partial charge in [-0.3, -0.25) is 14.9 Å². The van der Waals surface area contributed by atoms with Gasteiger partial charge in [0.2, 0.25) is 0 Å². The fourth-order valence-electron chi connectivity index (χ4n) is 1.46. The summed E-state index contributed by atoms with van der Waals surface area (Å²) in [6, 6.07) is 6.75.